The second kappa shape index (κ2) is 4.07. The van der Waals surface area contributed by atoms with Gasteiger partial charge < -0.3 is 10.1 Å². The SMILES string of the molecule is CNCC1(CCOC)CCC1. The van der Waals surface area contributed by atoms with Crippen molar-refractivity contribution in [2.75, 3.05) is 27.3 Å². The molecule has 0 heterocycles. The van der Waals surface area contributed by atoms with Crippen LogP contribution in [0.3, 0.4) is 0 Å². The van der Waals surface area contributed by atoms with Crippen LogP contribution in [0.4, 0.5) is 0 Å². The first-order chi connectivity index (χ1) is 5.33. The molecule has 0 amide bonds. The van der Waals surface area contributed by atoms with Crippen molar-refractivity contribution in [3.63, 3.8) is 0 Å². The normalized spacial score (nSPS) is 21.3. The highest BCUT2D eigenvalue weighted by molar-refractivity contribution is 4.88. The molecule has 0 aromatic rings. The molecule has 0 unspecified atom stereocenters. The van der Waals surface area contributed by atoms with Crippen molar-refractivity contribution in [3.8, 4) is 0 Å². The Kier molecular flexibility index (Phi) is 3.34. The summed E-state index contributed by atoms with van der Waals surface area (Å²) in [6.07, 6.45) is 5.41. The highest BCUT2D eigenvalue weighted by atomic mass is 16.5. The van der Waals surface area contributed by atoms with Crippen LogP contribution in [0.2, 0.25) is 0 Å². The molecule has 0 aromatic carbocycles. The molecule has 0 spiro atoms. The fourth-order valence-corrected chi connectivity index (χ4v) is 1.89. The molecule has 66 valence electrons. The van der Waals surface area contributed by atoms with Crippen molar-refractivity contribution in [2.24, 2.45) is 5.41 Å². The van der Waals surface area contributed by atoms with E-state index in [1.54, 1.807) is 7.11 Å². The lowest BCUT2D eigenvalue weighted by Crippen LogP contribution is -2.39. The molecule has 2 nitrogen and oxygen atoms in total. The molecule has 1 saturated carbocycles. The van der Waals surface area contributed by atoms with Gasteiger partial charge in [0, 0.05) is 20.3 Å². The molecule has 0 aromatic heterocycles. The second-order valence-corrected chi connectivity index (χ2v) is 3.63. The lowest BCUT2D eigenvalue weighted by atomic mass is 9.67. The number of hydrogen-bond acceptors (Lipinski definition) is 2. The molecular formula is C9H19NO. The minimum atomic E-state index is 0.588. The summed E-state index contributed by atoms with van der Waals surface area (Å²) < 4.78 is 5.09. The Labute approximate surface area is 69.3 Å². The van der Waals surface area contributed by atoms with E-state index in [1.807, 2.05) is 7.05 Å². The summed E-state index contributed by atoms with van der Waals surface area (Å²) in [6.45, 7) is 2.08. The lowest BCUT2D eigenvalue weighted by Gasteiger charge is -2.41. The maximum atomic E-state index is 5.09. The van der Waals surface area contributed by atoms with Crippen LogP contribution in [0.25, 0.3) is 0 Å². The molecule has 0 bridgehead atoms. The Hall–Kier alpha value is -0.0800. The van der Waals surface area contributed by atoms with Crippen LogP contribution >= 0.6 is 0 Å². The van der Waals surface area contributed by atoms with Gasteiger partial charge in [-0.1, -0.05) is 6.42 Å². The summed E-state index contributed by atoms with van der Waals surface area (Å²) in [5.74, 6) is 0. The van der Waals surface area contributed by atoms with Crippen molar-refractivity contribution in [1.29, 1.82) is 0 Å². The minimum absolute atomic E-state index is 0.588. The first-order valence-corrected chi connectivity index (χ1v) is 4.46. The van der Waals surface area contributed by atoms with E-state index in [9.17, 15) is 0 Å². The summed E-state index contributed by atoms with van der Waals surface area (Å²) in [5.41, 5.74) is 0.588. The van der Waals surface area contributed by atoms with Crippen LogP contribution in [0, 0.1) is 5.41 Å². The molecular weight excluding hydrogens is 138 g/mol. The quantitative estimate of drug-likeness (QED) is 0.651. The molecule has 1 aliphatic rings. The van der Waals surface area contributed by atoms with Crippen molar-refractivity contribution >= 4 is 0 Å². The van der Waals surface area contributed by atoms with Crippen LogP contribution in [-0.2, 0) is 4.74 Å². The number of rotatable bonds is 5. The summed E-state index contributed by atoms with van der Waals surface area (Å²) >= 11 is 0. The van der Waals surface area contributed by atoms with Crippen LogP contribution in [0.5, 0.6) is 0 Å². The third-order valence-corrected chi connectivity index (χ3v) is 2.80. The van der Waals surface area contributed by atoms with E-state index in [0.717, 1.165) is 13.2 Å². The van der Waals surface area contributed by atoms with Gasteiger partial charge in [-0.2, -0.15) is 0 Å². The van der Waals surface area contributed by atoms with Crippen molar-refractivity contribution in [1.82, 2.24) is 5.32 Å². The zero-order chi connectivity index (χ0) is 8.16. The molecule has 1 fully saturated rings. The maximum absolute atomic E-state index is 5.09. The molecule has 0 radical (unpaired) electrons. The fourth-order valence-electron chi connectivity index (χ4n) is 1.89. The van der Waals surface area contributed by atoms with Gasteiger partial charge in [0.25, 0.3) is 0 Å². The smallest absolute Gasteiger partial charge is 0.0468 e. The van der Waals surface area contributed by atoms with Gasteiger partial charge >= 0.3 is 0 Å². The van der Waals surface area contributed by atoms with Gasteiger partial charge in [0.05, 0.1) is 0 Å². The van der Waals surface area contributed by atoms with Crippen LogP contribution < -0.4 is 5.32 Å². The standard InChI is InChI=1S/C9H19NO/c1-10-8-9(4-3-5-9)6-7-11-2/h10H,3-8H2,1-2H3. The summed E-state index contributed by atoms with van der Waals surface area (Å²) in [6, 6.07) is 0. The van der Waals surface area contributed by atoms with Gasteiger partial charge in [-0.25, -0.2) is 0 Å². The molecule has 2 heteroatoms. The third kappa shape index (κ3) is 2.17. The zero-order valence-electron chi connectivity index (χ0n) is 7.65. The molecule has 1 aliphatic carbocycles. The first-order valence-electron chi connectivity index (χ1n) is 4.46. The van der Waals surface area contributed by atoms with E-state index in [4.69, 9.17) is 4.74 Å². The predicted octanol–water partition coefficient (Wildman–Crippen LogP) is 1.41. The molecule has 11 heavy (non-hydrogen) atoms. The van der Waals surface area contributed by atoms with Crippen molar-refractivity contribution in [3.05, 3.63) is 0 Å². The Morgan fingerprint density at radius 3 is 2.55 bits per heavy atom. The molecule has 0 atom stereocenters. The predicted molar refractivity (Wildman–Crippen MR) is 46.7 cm³/mol. The summed E-state index contributed by atoms with van der Waals surface area (Å²) in [7, 11) is 3.82. The highest BCUT2D eigenvalue weighted by Gasteiger charge is 2.35. The van der Waals surface area contributed by atoms with Gasteiger partial charge in [-0.05, 0) is 31.7 Å². The largest absolute Gasteiger partial charge is 0.385 e. The number of nitrogens with one attached hydrogen (secondary N) is 1. The molecule has 0 aliphatic heterocycles. The van der Waals surface area contributed by atoms with E-state index in [2.05, 4.69) is 5.32 Å². The fraction of sp³-hybridized carbons (Fsp3) is 1.00. The molecule has 1 N–H and O–H groups in total. The zero-order valence-corrected chi connectivity index (χ0v) is 7.65. The van der Waals surface area contributed by atoms with Crippen LogP contribution in [0.15, 0.2) is 0 Å². The number of ether oxygens (including phenoxy) is 1. The average Bonchev–Trinajstić information content (AvgIpc) is 1.95. The Morgan fingerprint density at radius 2 is 2.18 bits per heavy atom. The van der Waals surface area contributed by atoms with Gasteiger partial charge in [0.15, 0.2) is 0 Å². The van der Waals surface area contributed by atoms with Gasteiger partial charge in [-0.3, -0.25) is 0 Å². The number of hydrogen-bond donors (Lipinski definition) is 1. The van der Waals surface area contributed by atoms with Crippen LogP contribution in [-0.4, -0.2) is 27.3 Å². The minimum Gasteiger partial charge on any atom is -0.385 e. The van der Waals surface area contributed by atoms with E-state index in [0.29, 0.717) is 5.41 Å². The highest BCUT2D eigenvalue weighted by Crippen LogP contribution is 2.43. The number of methoxy groups -OCH3 is 1. The van der Waals surface area contributed by atoms with E-state index >= 15 is 0 Å². The van der Waals surface area contributed by atoms with Crippen LogP contribution in [0.1, 0.15) is 25.7 Å². The van der Waals surface area contributed by atoms with Crippen molar-refractivity contribution < 1.29 is 4.74 Å². The van der Waals surface area contributed by atoms with Gasteiger partial charge in [0.1, 0.15) is 0 Å². The average molecular weight is 157 g/mol. The summed E-state index contributed by atoms with van der Waals surface area (Å²) in [4.78, 5) is 0. The topological polar surface area (TPSA) is 21.3 Å². The Morgan fingerprint density at radius 1 is 1.45 bits per heavy atom. The Bertz CT molecular complexity index is 110. The van der Waals surface area contributed by atoms with E-state index < -0.39 is 0 Å². The summed E-state index contributed by atoms with van der Waals surface area (Å²) in [5, 5.41) is 3.26. The van der Waals surface area contributed by atoms with E-state index in [-0.39, 0.29) is 0 Å². The van der Waals surface area contributed by atoms with E-state index in [1.165, 1.54) is 25.7 Å². The van der Waals surface area contributed by atoms with Gasteiger partial charge in [0.2, 0.25) is 0 Å². The second-order valence-electron chi connectivity index (χ2n) is 3.63. The Balaban J connectivity index is 2.22. The maximum Gasteiger partial charge on any atom is 0.0468 e. The first kappa shape index (κ1) is 9.01. The monoisotopic (exact) mass is 157 g/mol. The van der Waals surface area contributed by atoms with Crippen molar-refractivity contribution in [2.45, 2.75) is 25.7 Å². The van der Waals surface area contributed by atoms with Gasteiger partial charge in [-0.15, -0.1) is 0 Å². The lowest BCUT2D eigenvalue weighted by molar-refractivity contribution is 0.0711. The molecule has 0 saturated heterocycles. The molecule has 1 rings (SSSR count). The third-order valence-electron chi connectivity index (χ3n) is 2.80.